The highest BCUT2D eigenvalue weighted by atomic mass is 32.1. The first-order valence-electron chi connectivity index (χ1n) is 11.7. The number of allylic oxidation sites excluding steroid dienone is 6. The maximum absolute atomic E-state index is 13.7. The molecule has 176 valence electrons. The van der Waals surface area contributed by atoms with Crippen LogP contribution in [-0.2, 0) is 25.7 Å². The van der Waals surface area contributed by atoms with Crippen LogP contribution in [0.25, 0.3) is 0 Å². The minimum Gasteiger partial charge on any atom is -0.508 e. The summed E-state index contributed by atoms with van der Waals surface area (Å²) in [4.78, 5) is 55.7. The molecular formula is C28H23NO5S. The second-order valence-corrected chi connectivity index (χ2v) is 10.7. The average Bonchev–Trinajstić information content (AvgIpc) is 3.44. The van der Waals surface area contributed by atoms with Gasteiger partial charge in [-0.1, -0.05) is 29.8 Å². The van der Waals surface area contributed by atoms with Crippen LogP contribution >= 0.6 is 11.3 Å². The van der Waals surface area contributed by atoms with Crippen LogP contribution in [0.2, 0.25) is 0 Å². The van der Waals surface area contributed by atoms with Crippen molar-refractivity contribution in [3.8, 4) is 5.75 Å². The van der Waals surface area contributed by atoms with Gasteiger partial charge >= 0.3 is 0 Å². The van der Waals surface area contributed by atoms with Crippen LogP contribution in [0.5, 0.6) is 5.75 Å². The van der Waals surface area contributed by atoms with Crippen LogP contribution in [0.15, 0.2) is 76.2 Å². The van der Waals surface area contributed by atoms with Crippen molar-refractivity contribution in [3.05, 3.63) is 86.7 Å². The Morgan fingerprint density at radius 2 is 1.89 bits per heavy atom. The van der Waals surface area contributed by atoms with Crippen LogP contribution in [0.4, 0.5) is 0 Å². The van der Waals surface area contributed by atoms with E-state index < -0.39 is 17.8 Å². The maximum Gasteiger partial charge on any atom is 0.234 e. The third-order valence-corrected chi connectivity index (χ3v) is 8.61. The Bertz CT molecular complexity index is 1400. The van der Waals surface area contributed by atoms with Crippen molar-refractivity contribution in [2.75, 3.05) is 0 Å². The molecule has 2 aromatic rings. The summed E-state index contributed by atoms with van der Waals surface area (Å²) in [5.74, 6) is -2.61. The standard InChI is InChI=1S/C28H23NO5S/c1-14-10-22(31)25-21(26(14)32)12-20-18(23(25)15-4-2-5-16(30)11-15)7-8-19-24(20)28(34)29(27(19)33)13-17-6-3-9-35-17/h2-7,9-11,19-20,23-24,30H,8,12-13H2,1H3. The number of nitrogens with zero attached hydrogens (tertiary/aromatic N) is 1. The second-order valence-electron chi connectivity index (χ2n) is 9.67. The molecule has 1 fully saturated rings. The summed E-state index contributed by atoms with van der Waals surface area (Å²) in [6, 6.07) is 10.5. The number of rotatable bonds is 3. The highest BCUT2D eigenvalue weighted by Gasteiger charge is 2.56. The predicted molar refractivity (Wildman–Crippen MR) is 129 cm³/mol. The molecule has 6 rings (SSSR count). The van der Waals surface area contributed by atoms with Gasteiger partial charge in [0.2, 0.25) is 11.8 Å². The normalized spacial score (nSPS) is 28.0. The summed E-state index contributed by atoms with van der Waals surface area (Å²) < 4.78 is 0. The maximum atomic E-state index is 13.7. The van der Waals surface area contributed by atoms with E-state index in [-0.39, 0.29) is 48.0 Å². The Kier molecular flexibility index (Phi) is 5.00. The Hall–Kier alpha value is -3.58. The number of phenols is 1. The Morgan fingerprint density at radius 3 is 2.63 bits per heavy atom. The molecule has 6 nitrogen and oxygen atoms in total. The van der Waals surface area contributed by atoms with Crippen LogP contribution in [0, 0.1) is 17.8 Å². The highest BCUT2D eigenvalue weighted by Crippen LogP contribution is 2.55. The molecule has 0 radical (unpaired) electrons. The molecular weight excluding hydrogens is 462 g/mol. The lowest BCUT2D eigenvalue weighted by Crippen LogP contribution is -2.39. The number of aromatic hydroxyl groups is 1. The third kappa shape index (κ3) is 3.29. The van der Waals surface area contributed by atoms with Crippen molar-refractivity contribution in [1.82, 2.24) is 4.90 Å². The molecule has 1 aliphatic heterocycles. The fraction of sp³-hybridized carbons (Fsp3) is 0.286. The molecule has 1 aromatic carbocycles. The van der Waals surface area contributed by atoms with Gasteiger partial charge in [0.05, 0.1) is 18.4 Å². The molecule has 7 heteroatoms. The number of phenolic OH excluding ortho intramolecular Hbond substituents is 1. The van der Waals surface area contributed by atoms with Gasteiger partial charge in [-0.25, -0.2) is 0 Å². The quantitative estimate of drug-likeness (QED) is 0.402. The van der Waals surface area contributed by atoms with Crippen LogP contribution in [0.3, 0.4) is 0 Å². The van der Waals surface area contributed by atoms with E-state index in [1.807, 2.05) is 29.7 Å². The monoisotopic (exact) mass is 485 g/mol. The van der Waals surface area contributed by atoms with E-state index in [0.717, 1.165) is 10.5 Å². The number of fused-ring (bicyclic) bond motifs is 3. The number of imide groups is 1. The minimum atomic E-state index is -0.564. The summed E-state index contributed by atoms with van der Waals surface area (Å²) >= 11 is 1.51. The predicted octanol–water partition coefficient (Wildman–Crippen LogP) is 4.08. The summed E-state index contributed by atoms with van der Waals surface area (Å²) in [7, 11) is 0. The molecule has 1 saturated heterocycles. The molecule has 4 atom stereocenters. The van der Waals surface area contributed by atoms with Gasteiger partial charge in [0.25, 0.3) is 0 Å². The lowest BCUT2D eigenvalue weighted by atomic mass is 9.59. The molecule has 2 heterocycles. The van der Waals surface area contributed by atoms with Crippen molar-refractivity contribution in [1.29, 1.82) is 0 Å². The zero-order chi connectivity index (χ0) is 24.4. The molecule has 35 heavy (non-hydrogen) atoms. The fourth-order valence-electron chi connectivity index (χ4n) is 6.25. The van der Waals surface area contributed by atoms with Crippen LogP contribution < -0.4 is 0 Å². The number of Topliss-reactive ketones (excluding diaryl/α,β-unsaturated/α-hetero) is 1. The number of ketones is 2. The molecule has 0 spiro atoms. The number of likely N-dealkylation sites (tertiary alicyclic amines) is 1. The zero-order valence-corrected chi connectivity index (χ0v) is 19.9. The number of thiophene rings is 1. The third-order valence-electron chi connectivity index (χ3n) is 7.75. The number of hydrogen-bond donors (Lipinski definition) is 1. The summed E-state index contributed by atoms with van der Waals surface area (Å²) in [5, 5.41) is 12.1. The molecule has 1 N–H and O–H groups in total. The van der Waals surface area contributed by atoms with E-state index in [1.54, 1.807) is 25.1 Å². The molecule has 2 amide bonds. The van der Waals surface area contributed by atoms with Crippen molar-refractivity contribution < 1.29 is 24.3 Å². The summed E-state index contributed by atoms with van der Waals surface area (Å²) in [6.07, 6.45) is 4.06. The van der Waals surface area contributed by atoms with E-state index in [1.165, 1.54) is 22.3 Å². The first kappa shape index (κ1) is 21.9. The van der Waals surface area contributed by atoms with Crippen LogP contribution in [0.1, 0.15) is 36.1 Å². The smallest absolute Gasteiger partial charge is 0.234 e. The van der Waals surface area contributed by atoms with Gasteiger partial charge in [0.1, 0.15) is 5.75 Å². The molecule has 4 aliphatic rings. The number of carbonyl (C=O) groups is 4. The Balaban J connectivity index is 1.46. The minimum absolute atomic E-state index is 0.0663. The lowest BCUT2D eigenvalue weighted by Gasteiger charge is -2.42. The van der Waals surface area contributed by atoms with E-state index in [4.69, 9.17) is 0 Å². The van der Waals surface area contributed by atoms with Gasteiger partial charge in [-0.15, -0.1) is 11.3 Å². The number of amides is 2. The van der Waals surface area contributed by atoms with Crippen molar-refractivity contribution >= 4 is 34.7 Å². The van der Waals surface area contributed by atoms with E-state index in [2.05, 4.69) is 0 Å². The average molecular weight is 486 g/mol. The molecule has 0 bridgehead atoms. The van der Waals surface area contributed by atoms with Gasteiger partial charge in [-0.05, 0) is 60.9 Å². The van der Waals surface area contributed by atoms with E-state index in [9.17, 15) is 24.3 Å². The Labute approximate surface area is 206 Å². The van der Waals surface area contributed by atoms with Gasteiger partial charge in [-0.2, -0.15) is 0 Å². The number of benzene rings is 1. The van der Waals surface area contributed by atoms with Crippen molar-refractivity contribution in [2.45, 2.75) is 32.2 Å². The first-order valence-corrected chi connectivity index (χ1v) is 12.6. The van der Waals surface area contributed by atoms with Gasteiger partial charge in [-0.3, -0.25) is 24.1 Å². The largest absolute Gasteiger partial charge is 0.508 e. The van der Waals surface area contributed by atoms with Crippen LogP contribution in [-0.4, -0.2) is 33.4 Å². The van der Waals surface area contributed by atoms with E-state index >= 15 is 0 Å². The summed E-state index contributed by atoms with van der Waals surface area (Å²) in [5.41, 5.74) is 2.84. The second kappa shape index (κ2) is 7.99. The first-order chi connectivity index (χ1) is 16.8. The van der Waals surface area contributed by atoms with Gasteiger partial charge < -0.3 is 5.11 Å². The summed E-state index contributed by atoms with van der Waals surface area (Å²) in [6.45, 7) is 1.89. The fourth-order valence-corrected chi connectivity index (χ4v) is 6.94. The number of hydrogen-bond acceptors (Lipinski definition) is 6. The van der Waals surface area contributed by atoms with E-state index in [0.29, 0.717) is 28.7 Å². The molecule has 3 aliphatic carbocycles. The molecule has 1 aromatic heterocycles. The van der Waals surface area contributed by atoms with Gasteiger partial charge in [0.15, 0.2) is 11.6 Å². The number of carbonyl (C=O) groups excluding carboxylic acids is 4. The topological polar surface area (TPSA) is 91.8 Å². The highest BCUT2D eigenvalue weighted by molar-refractivity contribution is 7.09. The Morgan fingerprint density at radius 1 is 1.06 bits per heavy atom. The molecule has 0 saturated carbocycles. The zero-order valence-electron chi connectivity index (χ0n) is 19.1. The van der Waals surface area contributed by atoms with Gasteiger partial charge in [0, 0.05) is 27.5 Å². The van der Waals surface area contributed by atoms with Crippen molar-refractivity contribution in [3.63, 3.8) is 0 Å². The SMILES string of the molecule is CC1=CC(=O)C2=C(CC3C(=CCC4C(=O)N(Cc5cccs5)C(=O)C43)C2c2cccc(O)c2)C1=O. The van der Waals surface area contributed by atoms with Crippen molar-refractivity contribution in [2.24, 2.45) is 17.8 Å². The lowest BCUT2D eigenvalue weighted by molar-refractivity contribution is -0.140. The molecule has 4 unspecified atom stereocenters.